The van der Waals surface area contributed by atoms with E-state index in [0.717, 1.165) is 5.69 Å². The summed E-state index contributed by atoms with van der Waals surface area (Å²) >= 11 is 0. The molecular formula is C28H28N2O4. The van der Waals surface area contributed by atoms with Crippen LogP contribution in [0.4, 0.5) is 11.4 Å². The molecule has 2 amide bonds. The van der Waals surface area contributed by atoms with Gasteiger partial charge in [0.15, 0.2) is 0 Å². The van der Waals surface area contributed by atoms with Crippen LogP contribution >= 0.6 is 0 Å². The van der Waals surface area contributed by atoms with Crippen molar-refractivity contribution >= 4 is 28.8 Å². The SMILES string of the molecule is CCOc1ccc(C2=C(N(CC)c3ccccc3)C(=O)N(c3cccc(OCC)c3)C2=O)cc1. The van der Waals surface area contributed by atoms with Gasteiger partial charge in [-0.3, -0.25) is 9.59 Å². The Morgan fingerprint density at radius 1 is 0.735 bits per heavy atom. The number of hydrogen-bond donors (Lipinski definition) is 0. The third kappa shape index (κ3) is 4.39. The number of hydrogen-bond acceptors (Lipinski definition) is 5. The maximum absolute atomic E-state index is 13.9. The first kappa shape index (κ1) is 23.1. The van der Waals surface area contributed by atoms with Crippen LogP contribution in [0.5, 0.6) is 11.5 Å². The molecule has 1 aliphatic heterocycles. The van der Waals surface area contributed by atoms with Gasteiger partial charge in [0.05, 0.1) is 24.5 Å². The minimum absolute atomic E-state index is 0.352. The fourth-order valence-electron chi connectivity index (χ4n) is 4.10. The first-order chi connectivity index (χ1) is 16.6. The molecule has 1 aliphatic rings. The topological polar surface area (TPSA) is 59.1 Å². The monoisotopic (exact) mass is 456 g/mol. The number of para-hydroxylation sites is 1. The van der Waals surface area contributed by atoms with Crippen molar-refractivity contribution in [2.24, 2.45) is 0 Å². The molecule has 0 saturated heterocycles. The summed E-state index contributed by atoms with van der Waals surface area (Å²) in [6, 6.07) is 24.0. The van der Waals surface area contributed by atoms with Crippen LogP contribution in [0.1, 0.15) is 26.3 Å². The first-order valence-corrected chi connectivity index (χ1v) is 11.5. The zero-order valence-electron chi connectivity index (χ0n) is 19.7. The van der Waals surface area contributed by atoms with Crippen LogP contribution in [-0.4, -0.2) is 31.6 Å². The second kappa shape index (κ2) is 10.3. The lowest BCUT2D eigenvalue weighted by Gasteiger charge is -2.25. The Morgan fingerprint density at radius 3 is 2.06 bits per heavy atom. The minimum Gasteiger partial charge on any atom is -0.494 e. The van der Waals surface area contributed by atoms with E-state index in [4.69, 9.17) is 9.47 Å². The number of nitrogens with zero attached hydrogens (tertiary/aromatic N) is 2. The summed E-state index contributed by atoms with van der Waals surface area (Å²) in [4.78, 5) is 30.8. The van der Waals surface area contributed by atoms with Crippen LogP contribution in [0.3, 0.4) is 0 Å². The number of imide groups is 1. The molecule has 1 heterocycles. The molecule has 0 bridgehead atoms. The van der Waals surface area contributed by atoms with E-state index in [1.807, 2.05) is 86.3 Å². The van der Waals surface area contributed by atoms with Crippen molar-refractivity contribution in [3.8, 4) is 11.5 Å². The molecule has 0 N–H and O–H groups in total. The van der Waals surface area contributed by atoms with Gasteiger partial charge in [-0.15, -0.1) is 0 Å². The third-order valence-corrected chi connectivity index (χ3v) is 5.55. The van der Waals surface area contributed by atoms with Gasteiger partial charge in [-0.1, -0.05) is 36.4 Å². The first-order valence-electron chi connectivity index (χ1n) is 11.5. The zero-order chi connectivity index (χ0) is 24.1. The number of rotatable bonds is 9. The second-order valence-corrected chi connectivity index (χ2v) is 7.64. The zero-order valence-corrected chi connectivity index (χ0v) is 19.7. The van der Waals surface area contributed by atoms with Gasteiger partial charge in [0.25, 0.3) is 11.8 Å². The normalized spacial score (nSPS) is 13.4. The maximum atomic E-state index is 13.9. The van der Waals surface area contributed by atoms with E-state index >= 15 is 0 Å². The van der Waals surface area contributed by atoms with Crippen molar-refractivity contribution in [1.29, 1.82) is 0 Å². The van der Waals surface area contributed by atoms with E-state index in [1.165, 1.54) is 4.90 Å². The Morgan fingerprint density at radius 2 is 1.41 bits per heavy atom. The Labute approximate surface area is 200 Å². The highest BCUT2D eigenvalue weighted by Gasteiger charge is 2.42. The molecule has 3 aromatic carbocycles. The standard InChI is InChI=1S/C28H28N2O4/c1-4-29(21-11-8-7-9-12-21)26-25(20-15-17-23(18-16-20)33-5-2)27(31)30(28(26)32)22-13-10-14-24(19-22)34-6-3/h7-19H,4-6H2,1-3H3. The molecule has 6 nitrogen and oxygen atoms in total. The van der Waals surface area contributed by atoms with Crippen molar-refractivity contribution in [3.05, 3.63) is 90.1 Å². The lowest BCUT2D eigenvalue weighted by molar-refractivity contribution is -0.120. The van der Waals surface area contributed by atoms with Crippen molar-refractivity contribution in [3.63, 3.8) is 0 Å². The van der Waals surface area contributed by atoms with Gasteiger partial charge in [-0.25, -0.2) is 4.90 Å². The average molecular weight is 457 g/mol. The average Bonchev–Trinajstić information content (AvgIpc) is 3.11. The molecule has 6 heteroatoms. The van der Waals surface area contributed by atoms with Crippen molar-refractivity contribution in [2.75, 3.05) is 29.6 Å². The lowest BCUT2D eigenvalue weighted by Crippen LogP contribution is -2.35. The highest BCUT2D eigenvalue weighted by Crippen LogP contribution is 2.37. The molecule has 0 spiro atoms. The van der Waals surface area contributed by atoms with E-state index in [1.54, 1.807) is 18.2 Å². The van der Waals surface area contributed by atoms with Gasteiger partial charge in [0.1, 0.15) is 17.2 Å². The number of anilines is 2. The molecule has 3 aromatic rings. The molecule has 0 atom stereocenters. The van der Waals surface area contributed by atoms with Gasteiger partial charge in [0, 0.05) is 18.3 Å². The van der Waals surface area contributed by atoms with Gasteiger partial charge < -0.3 is 14.4 Å². The van der Waals surface area contributed by atoms with Crippen LogP contribution in [-0.2, 0) is 9.59 Å². The predicted octanol–water partition coefficient (Wildman–Crippen LogP) is 5.30. The fourth-order valence-corrected chi connectivity index (χ4v) is 4.10. The predicted molar refractivity (Wildman–Crippen MR) is 134 cm³/mol. The van der Waals surface area contributed by atoms with Crippen LogP contribution < -0.4 is 19.3 Å². The molecule has 174 valence electrons. The summed E-state index contributed by atoms with van der Waals surface area (Å²) in [5, 5.41) is 0. The number of likely N-dealkylation sites (N-methyl/N-ethyl adjacent to an activating group) is 1. The number of carbonyl (C=O) groups is 2. The Bertz CT molecular complexity index is 1200. The van der Waals surface area contributed by atoms with E-state index in [2.05, 4.69) is 0 Å². The van der Waals surface area contributed by atoms with Crippen LogP contribution in [0.15, 0.2) is 84.6 Å². The Kier molecular flexibility index (Phi) is 6.97. The summed E-state index contributed by atoms with van der Waals surface area (Å²) in [6.07, 6.45) is 0. The van der Waals surface area contributed by atoms with E-state index < -0.39 is 0 Å². The molecule has 0 saturated carbocycles. The Hall–Kier alpha value is -4.06. The molecule has 0 fully saturated rings. The molecule has 0 unspecified atom stereocenters. The molecule has 4 rings (SSSR count). The number of carbonyl (C=O) groups excluding carboxylic acids is 2. The molecule has 0 aromatic heterocycles. The van der Waals surface area contributed by atoms with Gasteiger partial charge in [-0.2, -0.15) is 0 Å². The van der Waals surface area contributed by atoms with Crippen LogP contribution in [0.25, 0.3) is 5.57 Å². The van der Waals surface area contributed by atoms with E-state index in [-0.39, 0.29) is 11.8 Å². The summed E-state index contributed by atoms with van der Waals surface area (Å²) in [5.74, 6) is 0.578. The minimum atomic E-state index is -0.368. The Balaban J connectivity index is 1.85. The van der Waals surface area contributed by atoms with E-state index in [9.17, 15) is 9.59 Å². The highest BCUT2D eigenvalue weighted by molar-refractivity contribution is 6.46. The maximum Gasteiger partial charge on any atom is 0.282 e. The fraction of sp³-hybridized carbons (Fsp3) is 0.214. The largest absolute Gasteiger partial charge is 0.494 e. The lowest BCUT2D eigenvalue weighted by atomic mass is 10.0. The summed E-state index contributed by atoms with van der Waals surface area (Å²) in [7, 11) is 0. The summed E-state index contributed by atoms with van der Waals surface area (Å²) < 4.78 is 11.2. The van der Waals surface area contributed by atoms with Crippen LogP contribution in [0.2, 0.25) is 0 Å². The highest BCUT2D eigenvalue weighted by atomic mass is 16.5. The third-order valence-electron chi connectivity index (χ3n) is 5.55. The van der Waals surface area contributed by atoms with Crippen molar-refractivity contribution in [1.82, 2.24) is 0 Å². The molecular weight excluding hydrogens is 428 g/mol. The summed E-state index contributed by atoms with van der Waals surface area (Å²) in [5.41, 5.74) is 2.69. The smallest absolute Gasteiger partial charge is 0.282 e. The quantitative estimate of drug-likeness (QED) is 0.409. The molecule has 0 radical (unpaired) electrons. The van der Waals surface area contributed by atoms with Gasteiger partial charge >= 0.3 is 0 Å². The number of benzene rings is 3. The van der Waals surface area contributed by atoms with Crippen LogP contribution in [0, 0.1) is 0 Å². The van der Waals surface area contributed by atoms with Crippen molar-refractivity contribution < 1.29 is 19.1 Å². The van der Waals surface area contributed by atoms with E-state index in [0.29, 0.717) is 53.8 Å². The summed E-state index contributed by atoms with van der Waals surface area (Å²) in [6.45, 7) is 7.33. The number of ether oxygens (including phenoxy) is 2. The van der Waals surface area contributed by atoms with Crippen molar-refractivity contribution in [2.45, 2.75) is 20.8 Å². The van der Waals surface area contributed by atoms with Gasteiger partial charge in [-0.05, 0) is 62.7 Å². The molecule has 34 heavy (non-hydrogen) atoms. The second-order valence-electron chi connectivity index (χ2n) is 7.64. The number of amides is 2. The molecule has 0 aliphatic carbocycles. The van der Waals surface area contributed by atoms with Gasteiger partial charge in [0.2, 0.25) is 0 Å².